The van der Waals surface area contributed by atoms with E-state index >= 15 is 0 Å². The van der Waals surface area contributed by atoms with Crippen molar-refractivity contribution in [2.24, 2.45) is 7.05 Å². The standard InChI is InChI=1S/C10H9NO3/c1-11-5-8(10(13)14)7-4-6(12)2-3-9(7)11/h2-5,12H,1H3,(H,13,14). The summed E-state index contributed by atoms with van der Waals surface area (Å²) in [6.07, 6.45) is 1.53. The summed E-state index contributed by atoms with van der Waals surface area (Å²) in [5, 5.41) is 18.7. The fraction of sp³-hybridized carbons (Fsp3) is 0.100. The number of aryl methyl sites for hydroxylation is 1. The minimum absolute atomic E-state index is 0.0752. The van der Waals surface area contributed by atoms with E-state index in [4.69, 9.17) is 5.11 Å². The molecule has 0 aliphatic rings. The summed E-state index contributed by atoms with van der Waals surface area (Å²) in [5.74, 6) is -0.910. The zero-order valence-corrected chi connectivity index (χ0v) is 7.56. The number of phenols is 1. The minimum atomic E-state index is -0.985. The molecular weight excluding hydrogens is 182 g/mol. The molecule has 0 amide bonds. The van der Waals surface area contributed by atoms with Gasteiger partial charge in [0.05, 0.1) is 5.56 Å². The first kappa shape index (κ1) is 8.62. The van der Waals surface area contributed by atoms with Crippen LogP contribution in [0.5, 0.6) is 5.75 Å². The molecular formula is C10H9NO3. The Kier molecular flexibility index (Phi) is 1.70. The van der Waals surface area contributed by atoms with Gasteiger partial charge < -0.3 is 14.8 Å². The van der Waals surface area contributed by atoms with Gasteiger partial charge >= 0.3 is 5.97 Å². The number of hydrogen-bond acceptors (Lipinski definition) is 2. The highest BCUT2D eigenvalue weighted by Gasteiger charge is 2.12. The van der Waals surface area contributed by atoms with Crippen LogP contribution in [0.15, 0.2) is 24.4 Å². The van der Waals surface area contributed by atoms with Gasteiger partial charge in [-0.25, -0.2) is 4.79 Å². The van der Waals surface area contributed by atoms with Crippen molar-refractivity contribution in [1.82, 2.24) is 4.57 Å². The molecule has 0 atom stereocenters. The van der Waals surface area contributed by atoms with E-state index in [0.717, 1.165) is 5.52 Å². The molecule has 1 aromatic carbocycles. The average Bonchev–Trinajstić information content (AvgIpc) is 2.43. The molecule has 0 unspecified atom stereocenters. The number of carboxylic acid groups (broad SMARTS) is 1. The summed E-state index contributed by atoms with van der Waals surface area (Å²) in [6.45, 7) is 0. The number of nitrogens with zero attached hydrogens (tertiary/aromatic N) is 1. The number of fused-ring (bicyclic) bond motifs is 1. The van der Waals surface area contributed by atoms with Crippen molar-refractivity contribution in [3.05, 3.63) is 30.0 Å². The molecule has 0 saturated heterocycles. The Morgan fingerprint density at radius 1 is 1.43 bits per heavy atom. The molecule has 1 heterocycles. The predicted molar refractivity (Wildman–Crippen MR) is 51.5 cm³/mol. The molecule has 0 radical (unpaired) electrons. The van der Waals surface area contributed by atoms with Crippen LogP contribution in [0.25, 0.3) is 10.9 Å². The lowest BCUT2D eigenvalue weighted by molar-refractivity contribution is 0.0699. The smallest absolute Gasteiger partial charge is 0.337 e. The molecule has 0 aliphatic heterocycles. The van der Waals surface area contributed by atoms with Crippen LogP contribution in [-0.4, -0.2) is 20.7 Å². The molecule has 0 saturated carbocycles. The zero-order valence-electron chi connectivity index (χ0n) is 7.56. The minimum Gasteiger partial charge on any atom is -0.508 e. The third kappa shape index (κ3) is 1.12. The Morgan fingerprint density at radius 2 is 2.14 bits per heavy atom. The van der Waals surface area contributed by atoms with Crippen molar-refractivity contribution in [1.29, 1.82) is 0 Å². The van der Waals surface area contributed by atoms with E-state index in [-0.39, 0.29) is 11.3 Å². The van der Waals surface area contributed by atoms with Crippen molar-refractivity contribution in [3.63, 3.8) is 0 Å². The molecule has 2 aromatic rings. The number of rotatable bonds is 1. The van der Waals surface area contributed by atoms with E-state index in [1.807, 2.05) is 0 Å². The van der Waals surface area contributed by atoms with Crippen molar-refractivity contribution in [2.45, 2.75) is 0 Å². The van der Waals surface area contributed by atoms with E-state index in [0.29, 0.717) is 5.39 Å². The molecule has 0 bridgehead atoms. The second kappa shape index (κ2) is 2.77. The van der Waals surface area contributed by atoms with Crippen LogP contribution in [-0.2, 0) is 7.05 Å². The quantitative estimate of drug-likeness (QED) is 0.719. The molecule has 2 N–H and O–H groups in total. The van der Waals surface area contributed by atoms with Crippen LogP contribution >= 0.6 is 0 Å². The van der Waals surface area contributed by atoms with Gasteiger partial charge in [0.2, 0.25) is 0 Å². The number of phenolic OH excluding ortho intramolecular Hbond substituents is 1. The highest BCUT2D eigenvalue weighted by Crippen LogP contribution is 2.24. The average molecular weight is 191 g/mol. The summed E-state index contributed by atoms with van der Waals surface area (Å²) < 4.78 is 1.72. The van der Waals surface area contributed by atoms with Gasteiger partial charge in [0.1, 0.15) is 5.75 Å². The largest absolute Gasteiger partial charge is 0.508 e. The molecule has 0 spiro atoms. The lowest BCUT2D eigenvalue weighted by atomic mass is 10.2. The van der Waals surface area contributed by atoms with Crippen molar-refractivity contribution in [2.75, 3.05) is 0 Å². The topological polar surface area (TPSA) is 62.5 Å². The van der Waals surface area contributed by atoms with Crippen molar-refractivity contribution in [3.8, 4) is 5.75 Å². The number of benzene rings is 1. The Hall–Kier alpha value is -1.97. The Bertz CT molecular complexity index is 513. The number of carbonyl (C=O) groups is 1. The number of carboxylic acids is 1. The third-order valence-electron chi connectivity index (χ3n) is 2.20. The van der Waals surface area contributed by atoms with E-state index < -0.39 is 5.97 Å². The zero-order chi connectivity index (χ0) is 10.3. The second-order valence-corrected chi connectivity index (χ2v) is 3.16. The van der Waals surface area contributed by atoms with E-state index in [9.17, 15) is 9.90 Å². The van der Waals surface area contributed by atoms with Crippen molar-refractivity contribution >= 4 is 16.9 Å². The lowest BCUT2D eigenvalue weighted by Gasteiger charge is -1.95. The number of aromatic nitrogens is 1. The van der Waals surface area contributed by atoms with Gasteiger partial charge in [0.15, 0.2) is 0 Å². The fourth-order valence-electron chi connectivity index (χ4n) is 1.55. The first-order valence-corrected chi connectivity index (χ1v) is 4.11. The molecule has 0 fully saturated rings. The number of hydrogen-bond donors (Lipinski definition) is 2. The predicted octanol–water partition coefficient (Wildman–Crippen LogP) is 1.58. The van der Waals surface area contributed by atoms with Gasteiger partial charge in [0, 0.05) is 24.1 Å². The van der Waals surface area contributed by atoms with Crippen molar-refractivity contribution < 1.29 is 15.0 Å². The highest BCUT2D eigenvalue weighted by molar-refractivity contribution is 6.03. The Morgan fingerprint density at radius 3 is 2.79 bits per heavy atom. The van der Waals surface area contributed by atoms with E-state index in [2.05, 4.69) is 0 Å². The summed E-state index contributed by atoms with van der Waals surface area (Å²) >= 11 is 0. The van der Waals surface area contributed by atoms with Crippen LogP contribution in [0.4, 0.5) is 0 Å². The Balaban J connectivity index is 2.85. The maximum absolute atomic E-state index is 10.8. The van der Waals surface area contributed by atoms with Gasteiger partial charge in [-0.2, -0.15) is 0 Å². The lowest BCUT2D eigenvalue weighted by Crippen LogP contribution is -1.93. The molecule has 1 aromatic heterocycles. The first-order chi connectivity index (χ1) is 6.59. The molecule has 4 heteroatoms. The van der Waals surface area contributed by atoms with Crippen LogP contribution in [0.1, 0.15) is 10.4 Å². The highest BCUT2D eigenvalue weighted by atomic mass is 16.4. The summed E-state index contributed by atoms with van der Waals surface area (Å²) in [7, 11) is 1.77. The molecule has 4 nitrogen and oxygen atoms in total. The Labute approximate surface area is 80.0 Å². The molecule has 72 valence electrons. The maximum Gasteiger partial charge on any atom is 0.337 e. The SMILES string of the molecule is Cn1cc(C(=O)O)c2cc(O)ccc21. The van der Waals surface area contributed by atoms with E-state index in [1.165, 1.54) is 18.3 Å². The number of aromatic hydroxyl groups is 1. The summed E-state index contributed by atoms with van der Waals surface area (Å²) in [4.78, 5) is 10.8. The normalized spacial score (nSPS) is 10.6. The van der Waals surface area contributed by atoms with Gasteiger partial charge in [-0.1, -0.05) is 0 Å². The van der Waals surface area contributed by atoms with Gasteiger partial charge in [-0.15, -0.1) is 0 Å². The monoisotopic (exact) mass is 191 g/mol. The van der Waals surface area contributed by atoms with Crippen LogP contribution in [0.2, 0.25) is 0 Å². The first-order valence-electron chi connectivity index (χ1n) is 4.11. The number of aromatic carboxylic acids is 1. The van der Waals surface area contributed by atoms with Crippen LogP contribution in [0, 0.1) is 0 Å². The van der Waals surface area contributed by atoms with Crippen LogP contribution in [0.3, 0.4) is 0 Å². The van der Waals surface area contributed by atoms with Gasteiger partial charge in [-0.3, -0.25) is 0 Å². The molecule has 14 heavy (non-hydrogen) atoms. The van der Waals surface area contributed by atoms with Gasteiger partial charge in [0.25, 0.3) is 0 Å². The summed E-state index contributed by atoms with van der Waals surface area (Å²) in [5.41, 5.74) is 0.999. The summed E-state index contributed by atoms with van der Waals surface area (Å²) in [6, 6.07) is 4.68. The second-order valence-electron chi connectivity index (χ2n) is 3.16. The fourth-order valence-corrected chi connectivity index (χ4v) is 1.55. The third-order valence-corrected chi connectivity index (χ3v) is 2.20. The van der Waals surface area contributed by atoms with E-state index in [1.54, 1.807) is 17.7 Å². The maximum atomic E-state index is 10.8. The molecule has 0 aliphatic carbocycles. The molecule has 2 rings (SSSR count). The van der Waals surface area contributed by atoms with Crippen LogP contribution < -0.4 is 0 Å². The van der Waals surface area contributed by atoms with Gasteiger partial charge in [-0.05, 0) is 18.2 Å².